The molecule has 0 radical (unpaired) electrons. The van der Waals surface area contributed by atoms with Gasteiger partial charge in [-0.05, 0) is 18.6 Å². The predicted molar refractivity (Wildman–Crippen MR) is 66.9 cm³/mol. The van der Waals surface area contributed by atoms with Crippen LogP contribution < -0.4 is 10.6 Å². The van der Waals surface area contributed by atoms with Gasteiger partial charge in [0.15, 0.2) is 5.79 Å². The van der Waals surface area contributed by atoms with Crippen molar-refractivity contribution in [2.45, 2.75) is 18.6 Å². The van der Waals surface area contributed by atoms with E-state index < -0.39 is 5.79 Å². The average molecular weight is 252 g/mol. The Morgan fingerprint density at radius 3 is 2.83 bits per heavy atom. The standard InChI is InChI=1S/C13H17FN2O2/c14-10-3-1-4-11(12(10)15)16-6-2-5-13(9-16)17-7-8-18-13/h1,3-4H,2,5-9,15H2. The number of hydrogen-bond donors (Lipinski definition) is 1. The van der Waals surface area contributed by atoms with E-state index in [1.54, 1.807) is 6.07 Å². The normalized spacial score (nSPS) is 22.6. The molecule has 0 atom stereocenters. The van der Waals surface area contributed by atoms with Gasteiger partial charge in [-0.3, -0.25) is 0 Å². The second-order valence-corrected chi connectivity index (χ2v) is 4.81. The van der Waals surface area contributed by atoms with E-state index >= 15 is 0 Å². The van der Waals surface area contributed by atoms with Crippen molar-refractivity contribution in [1.29, 1.82) is 0 Å². The van der Waals surface area contributed by atoms with Crippen molar-refractivity contribution in [3.8, 4) is 0 Å². The number of para-hydroxylation sites is 1. The lowest BCUT2D eigenvalue weighted by Crippen LogP contribution is -2.49. The third-order valence-electron chi connectivity index (χ3n) is 3.60. The van der Waals surface area contributed by atoms with Crippen molar-refractivity contribution in [1.82, 2.24) is 0 Å². The SMILES string of the molecule is Nc1c(F)cccc1N1CCCC2(C1)OCCO2. The van der Waals surface area contributed by atoms with Crippen LogP contribution in [0.25, 0.3) is 0 Å². The highest BCUT2D eigenvalue weighted by Gasteiger charge is 2.41. The van der Waals surface area contributed by atoms with E-state index in [4.69, 9.17) is 15.2 Å². The molecule has 3 rings (SSSR count). The average Bonchev–Trinajstić information content (AvgIpc) is 2.81. The van der Waals surface area contributed by atoms with Gasteiger partial charge in [0.2, 0.25) is 0 Å². The number of ether oxygens (including phenoxy) is 2. The summed E-state index contributed by atoms with van der Waals surface area (Å²) < 4.78 is 24.9. The maximum atomic E-state index is 13.5. The largest absolute Gasteiger partial charge is 0.395 e. The van der Waals surface area contributed by atoms with Gasteiger partial charge in [-0.25, -0.2) is 4.39 Å². The summed E-state index contributed by atoms with van der Waals surface area (Å²) in [6, 6.07) is 4.90. The number of anilines is 2. The van der Waals surface area contributed by atoms with Crippen molar-refractivity contribution in [3.63, 3.8) is 0 Å². The van der Waals surface area contributed by atoms with Gasteiger partial charge in [-0.1, -0.05) is 6.07 Å². The molecule has 2 aliphatic heterocycles. The van der Waals surface area contributed by atoms with Crippen LogP contribution in [-0.2, 0) is 9.47 Å². The molecule has 1 spiro atoms. The third kappa shape index (κ3) is 1.93. The summed E-state index contributed by atoms with van der Waals surface area (Å²) in [5.41, 5.74) is 6.73. The van der Waals surface area contributed by atoms with E-state index in [1.807, 2.05) is 11.0 Å². The highest BCUT2D eigenvalue weighted by Crippen LogP contribution is 2.35. The first-order valence-electron chi connectivity index (χ1n) is 6.27. The summed E-state index contributed by atoms with van der Waals surface area (Å²) in [5, 5.41) is 0. The fourth-order valence-corrected chi connectivity index (χ4v) is 2.73. The maximum Gasteiger partial charge on any atom is 0.186 e. The van der Waals surface area contributed by atoms with Gasteiger partial charge >= 0.3 is 0 Å². The molecule has 2 fully saturated rings. The molecular formula is C13H17FN2O2. The zero-order valence-electron chi connectivity index (χ0n) is 10.2. The second kappa shape index (κ2) is 4.40. The number of hydrogen-bond acceptors (Lipinski definition) is 4. The minimum Gasteiger partial charge on any atom is -0.395 e. The van der Waals surface area contributed by atoms with E-state index in [1.165, 1.54) is 6.07 Å². The van der Waals surface area contributed by atoms with Gasteiger partial charge in [0.25, 0.3) is 0 Å². The summed E-state index contributed by atoms with van der Waals surface area (Å²) in [6.07, 6.45) is 1.84. The molecule has 1 aromatic carbocycles. The topological polar surface area (TPSA) is 47.7 Å². The number of nitrogens with zero attached hydrogens (tertiary/aromatic N) is 1. The summed E-state index contributed by atoms with van der Waals surface area (Å²) in [7, 11) is 0. The molecule has 2 saturated heterocycles. The summed E-state index contributed by atoms with van der Waals surface area (Å²) in [4.78, 5) is 2.05. The number of halogens is 1. The van der Waals surface area contributed by atoms with E-state index in [2.05, 4.69) is 0 Å². The Balaban J connectivity index is 1.85. The molecule has 2 N–H and O–H groups in total. The Bertz CT molecular complexity index is 447. The molecular weight excluding hydrogens is 235 g/mol. The molecule has 0 saturated carbocycles. The molecule has 2 aliphatic rings. The van der Waals surface area contributed by atoms with Gasteiger partial charge in [0.1, 0.15) is 5.82 Å². The Morgan fingerprint density at radius 1 is 1.28 bits per heavy atom. The molecule has 0 aliphatic carbocycles. The number of piperidine rings is 1. The lowest BCUT2D eigenvalue weighted by atomic mass is 10.0. The van der Waals surface area contributed by atoms with Crippen LogP contribution in [0.1, 0.15) is 12.8 Å². The minimum atomic E-state index is -0.517. The third-order valence-corrected chi connectivity index (χ3v) is 3.60. The van der Waals surface area contributed by atoms with Crippen LogP contribution >= 0.6 is 0 Å². The first-order chi connectivity index (χ1) is 8.70. The van der Waals surface area contributed by atoms with Gasteiger partial charge in [-0.2, -0.15) is 0 Å². The van der Waals surface area contributed by atoms with Crippen molar-refractivity contribution in [2.24, 2.45) is 0 Å². The fraction of sp³-hybridized carbons (Fsp3) is 0.538. The fourth-order valence-electron chi connectivity index (χ4n) is 2.73. The van der Waals surface area contributed by atoms with Crippen molar-refractivity contribution in [2.75, 3.05) is 36.9 Å². The van der Waals surface area contributed by atoms with Crippen molar-refractivity contribution >= 4 is 11.4 Å². The summed E-state index contributed by atoms with van der Waals surface area (Å²) in [6.45, 7) is 2.72. The highest BCUT2D eigenvalue weighted by molar-refractivity contribution is 5.68. The maximum absolute atomic E-state index is 13.5. The number of benzene rings is 1. The lowest BCUT2D eigenvalue weighted by Gasteiger charge is -2.40. The Morgan fingerprint density at radius 2 is 2.06 bits per heavy atom. The second-order valence-electron chi connectivity index (χ2n) is 4.81. The smallest absolute Gasteiger partial charge is 0.186 e. The zero-order valence-corrected chi connectivity index (χ0v) is 10.2. The number of nitrogens with two attached hydrogens (primary N) is 1. The zero-order chi connectivity index (χ0) is 12.6. The summed E-state index contributed by atoms with van der Waals surface area (Å²) in [5.74, 6) is -0.892. The number of rotatable bonds is 1. The molecule has 0 aromatic heterocycles. The van der Waals surface area contributed by atoms with E-state index in [9.17, 15) is 4.39 Å². The van der Waals surface area contributed by atoms with E-state index in [-0.39, 0.29) is 11.5 Å². The molecule has 1 aromatic rings. The number of nitrogen functional groups attached to an aromatic ring is 1. The molecule has 0 unspecified atom stereocenters. The quantitative estimate of drug-likeness (QED) is 0.774. The van der Waals surface area contributed by atoms with Crippen LogP contribution in [0.15, 0.2) is 18.2 Å². The van der Waals surface area contributed by atoms with Gasteiger partial charge in [-0.15, -0.1) is 0 Å². The van der Waals surface area contributed by atoms with Crippen LogP contribution in [0.4, 0.5) is 15.8 Å². The molecule has 5 heteroatoms. The molecule has 98 valence electrons. The molecule has 2 heterocycles. The first-order valence-corrected chi connectivity index (χ1v) is 6.27. The molecule has 4 nitrogen and oxygen atoms in total. The van der Waals surface area contributed by atoms with Crippen LogP contribution in [0.3, 0.4) is 0 Å². The minimum absolute atomic E-state index is 0.201. The van der Waals surface area contributed by atoms with Crippen LogP contribution in [0.2, 0.25) is 0 Å². The lowest BCUT2D eigenvalue weighted by molar-refractivity contribution is -0.161. The van der Waals surface area contributed by atoms with Crippen LogP contribution in [0, 0.1) is 5.82 Å². The van der Waals surface area contributed by atoms with Gasteiger partial charge in [0.05, 0.1) is 31.1 Å². The Labute approximate surface area is 105 Å². The van der Waals surface area contributed by atoms with Gasteiger partial charge in [0, 0.05) is 13.0 Å². The monoisotopic (exact) mass is 252 g/mol. The molecule has 18 heavy (non-hydrogen) atoms. The predicted octanol–water partition coefficient (Wildman–Crippen LogP) is 1.75. The Hall–Kier alpha value is -1.33. The summed E-state index contributed by atoms with van der Waals surface area (Å²) >= 11 is 0. The highest BCUT2D eigenvalue weighted by atomic mass is 19.1. The molecule has 0 amide bonds. The van der Waals surface area contributed by atoms with E-state index in [0.29, 0.717) is 19.8 Å². The van der Waals surface area contributed by atoms with Crippen LogP contribution in [-0.4, -0.2) is 32.1 Å². The Kier molecular flexibility index (Phi) is 2.87. The van der Waals surface area contributed by atoms with Crippen molar-refractivity contribution in [3.05, 3.63) is 24.0 Å². The molecule has 0 bridgehead atoms. The van der Waals surface area contributed by atoms with Crippen molar-refractivity contribution < 1.29 is 13.9 Å². The van der Waals surface area contributed by atoms with E-state index in [0.717, 1.165) is 25.1 Å². The van der Waals surface area contributed by atoms with Gasteiger partial charge < -0.3 is 20.1 Å². The van der Waals surface area contributed by atoms with Crippen LogP contribution in [0.5, 0.6) is 0 Å². The first kappa shape index (κ1) is 11.7.